The summed E-state index contributed by atoms with van der Waals surface area (Å²) in [6.07, 6.45) is -30.4. The van der Waals surface area contributed by atoms with E-state index >= 15 is 0 Å². The fourth-order valence-electron chi connectivity index (χ4n) is 3.98. The van der Waals surface area contributed by atoms with Crippen LogP contribution in [-0.4, -0.2) is 52.9 Å². The zero-order valence-electron chi connectivity index (χ0n) is 17.5. The molecule has 2 heterocycles. The lowest BCUT2D eigenvalue weighted by Crippen LogP contribution is -2.69. The summed E-state index contributed by atoms with van der Waals surface area (Å²) in [6.45, 7) is 0. The molecule has 3 nitrogen and oxygen atoms in total. The van der Waals surface area contributed by atoms with E-state index in [4.69, 9.17) is 0 Å². The average molecular weight is 656 g/mol. The second-order valence-electron chi connectivity index (χ2n) is 7.97. The van der Waals surface area contributed by atoms with Crippen molar-refractivity contribution >= 4 is 10.9 Å². The van der Waals surface area contributed by atoms with E-state index in [0.29, 0.717) is 0 Å². The standard InChI is InChI=1S/C16H4F20O3S/c17-9(18,13(25,26)27)7(10(19,20)14(28,29)30)4-2-1-3-5-6(4)40(37,38-7)39-8(5,11(21,22)15(31,32)33)12(23,24)16(34,35)36/h1-3,37H. The molecule has 3 rings (SSSR count). The Morgan fingerprint density at radius 2 is 0.700 bits per heavy atom. The van der Waals surface area contributed by atoms with Gasteiger partial charge >= 0.3 is 48.4 Å². The molecule has 2 aliphatic rings. The quantitative estimate of drug-likeness (QED) is 0.331. The maximum absolute atomic E-state index is 14.5. The van der Waals surface area contributed by atoms with Gasteiger partial charge in [-0.25, -0.2) is 0 Å². The number of alkyl halides is 20. The Kier molecular flexibility index (Phi) is 6.43. The second kappa shape index (κ2) is 7.90. The third kappa shape index (κ3) is 3.40. The number of hydrogen-bond donors (Lipinski definition) is 1. The van der Waals surface area contributed by atoms with E-state index in [1.54, 1.807) is 0 Å². The van der Waals surface area contributed by atoms with Gasteiger partial charge in [0.25, 0.3) is 11.2 Å². The molecule has 0 saturated heterocycles. The van der Waals surface area contributed by atoms with E-state index in [1.807, 2.05) is 0 Å². The molecule has 0 bridgehead atoms. The largest absolute Gasteiger partial charge is 0.457 e. The predicted molar refractivity (Wildman–Crippen MR) is 84.5 cm³/mol. The van der Waals surface area contributed by atoms with Crippen molar-refractivity contribution in [2.45, 2.75) is 64.5 Å². The van der Waals surface area contributed by atoms with E-state index in [0.717, 1.165) is 0 Å². The first kappa shape index (κ1) is 32.6. The highest BCUT2D eigenvalue weighted by molar-refractivity contribution is 8.21. The van der Waals surface area contributed by atoms with Gasteiger partial charge in [-0.2, -0.15) is 87.8 Å². The first-order valence-corrected chi connectivity index (χ1v) is 10.6. The van der Waals surface area contributed by atoms with Crippen LogP contribution in [0.5, 0.6) is 0 Å². The fraction of sp³-hybridized carbons (Fsp3) is 0.625. The van der Waals surface area contributed by atoms with Crippen LogP contribution in [-0.2, 0) is 19.6 Å². The minimum absolute atomic E-state index is 0.599. The molecule has 24 heteroatoms. The lowest BCUT2D eigenvalue weighted by Gasteiger charge is -2.47. The lowest BCUT2D eigenvalue weighted by atomic mass is 9.75. The van der Waals surface area contributed by atoms with E-state index in [1.165, 1.54) is 0 Å². The summed E-state index contributed by atoms with van der Waals surface area (Å²) in [6, 6.07) is -2.15. The van der Waals surface area contributed by atoms with Gasteiger partial charge in [-0.1, -0.05) is 18.2 Å². The third-order valence-electron chi connectivity index (χ3n) is 5.70. The van der Waals surface area contributed by atoms with Crippen LogP contribution in [0.3, 0.4) is 0 Å². The van der Waals surface area contributed by atoms with Crippen LogP contribution in [0.4, 0.5) is 87.8 Å². The summed E-state index contributed by atoms with van der Waals surface area (Å²) >= 11 is 0. The maximum Gasteiger partial charge on any atom is 0.457 e. The molecule has 1 aromatic carbocycles. The van der Waals surface area contributed by atoms with Crippen molar-refractivity contribution in [2.75, 3.05) is 0 Å². The van der Waals surface area contributed by atoms with Crippen LogP contribution < -0.4 is 0 Å². The van der Waals surface area contributed by atoms with Crippen molar-refractivity contribution in [3.63, 3.8) is 0 Å². The first-order chi connectivity index (χ1) is 17.3. The van der Waals surface area contributed by atoms with Crippen LogP contribution >= 0.6 is 10.9 Å². The van der Waals surface area contributed by atoms with Crippen molar-refractivity contribution in [3.05, 3.63) is 29.3 Å². The molecular weight excluding hydrogens is 652 g/mol. The smallest absolute Gasteiger partial charge is 0.304 e. The minimum Gasteiger partial charge on any atom is -0.304 e. The average Bonchev–Trinajstić information content (AvgIpc) is 3.15. The first-order valence-electron chi connectivity index (χ1n) is 9.15. The number of halogens is 20. The molecule has 1 N–H and O–H groups in total. The van der Waals surface area contributed by atoms with Gasteiger partial charge in [0.15, 0.2) is 0 Å². The van der Waals surface area contributed by atoms with Gasteiger partial charge in [0.1, 0.15) is 10.9 Å². The molecule has 0 aromatic heterocycles. The molecule has 1 aromatic rings. The van der Waals surface area contributed by atoms with Crippen molar-refractivity contribution in [1.82, 2.24) is 0 Å². The van der Waals surface area contributed by atoms with Gasteiger partial charge in [0.2, 0.25) is 0 Å². The van der Waals surface area contributed by atoms with Crippen LogP contribution in [0.2, 0.25) is 0 Å². The molecule has 0 atom stereocenters. The maximum atomic E-state index is 14.5. The molecular formula is C16H4F20O3S. The highest BCUT2D eigenvalue weighted by Gasteiger charge is 2.95. The Morgan fingerprint density at radius 1 is 0.475 bits per heavy atom. The molecule has 0 aliphatic carbocycles. The number of rotatable bonds is 4. The molecule has 0 fully saturated rings. The van der Waals surface area contributed by atoms with Crippen LogP contribution in [0.1, 0.15) is 11.1 Å². The van der Waals surface area contributed by atoms with Crippen LogP contribution in [0.25, 0.3) is 0 Å². The van der Waals surface area contributed by atoms with E-state index < -0.39 is 105 Å². The molecule has 0 unspecified atom stereocenters. The topological polar surface area (TPSA) is 38.7 Å². The predicted octanol–water partition coefficient (Wildman–Crippen LogP) is 8.39. The molecule has 40 heavy (non-hydrogen) atoms. The van der Waals surface area contributed by atoms with Crippen molar-refractivity contribution < 1.29 is 101 Å². The highest BCUT2D eigenvalue weighted by atomic mass is 32.3. The Bertz CT molecular complexity index is 1060. The Balaban J connectivity index is 2.64. The Morgan fingerprint density at radius 3 is 0.900 bits per heavy atom. The highest BCUT2D eigenvalue weighted by Crippen LogP contribution is 2.84. The molecule has 0 saturated carbocycles. The Labute approximate surface area is 206 Å². The summed E-state index contributed by atoms with van der Waals surface area (Å²) < 4.78 is 291. The summed E-state index contributed by atoms with van der Waals surface area (Å²) in [5, 5.41) is 0. The number of benzene rings is 1. The normalized spacial score (nSPS) is 22.3. The molecule has 232 valence electrons. The second-order valence-corrected chi connectivity index (χ2v) is 9.67. The summed E-state index contributed by atoms with van der Waals surface area (Å²) in [5.74, 6) is -30.6. The Hall–Kier alpha value is -1.95. The number of hydrogen-bond acceptors (Lipinski definition) is 3. The SMILES string of the molecule is OS12OC(C(F)(F)C(F)(F)F)(C(F)(F)C(F)(F)F)c3cccc(c31)C(C(F)(F)C(F)(F)F)(C(F)(F)C(F)(F)F)O2. The summed E-state index contributed by atoms with van der Waals surface area (Å²) in [7, 11) is -7.02. The lowest BCUT2D eigenvalue weighted by molar-refractivity contribution is -0.430. The van der Waals surface area contributed by atoms with Crippen molar-refractivity contribution in [3.8, 4) is 0 Å². The van der Waals surface area contributed by atoms with Gasteiger partial charge in [0.05, 0.1) is 4.90 Å². The van der Waals surface area contributed by atoms with Crippen LogP contribution in [0.15, 0.2) is 23.1 Å². The monoisotopic (exact) mass is 656 g/mol. The van der Waals surface area contributed by atoms with E-state index in [-0.39, 0.29) is 0 Å². The summed E-state index contributed by atoms with van der Waals surface area (Å²) in [4.78, 5) is -3.00. The summed E-state index contributed by atoms with van der Waals surface area (Å²) in [5.41, 5.74) is -20.0. The molecule has 0 spiro atoms. The van der Waals surface area contributed by atoms with Gasteiger partial charge < -0.3 is 4.55 Å². The fourth-order valence-corrected chi connectivity index (χ4v) is 6.43. The third-order valence-corrected chi connectivity index (χ3v) is 7.61. The van der Waals surface area contributed by atoms with E-state index in [2.05, 4.69) is 8.37 Å². The molecule has 0 amide bonds. The van der Waals surface area contributed by atoms with Gasteiger partial charge in [-0.05, 0) is 0 Å². The van der Waals surface area contributed by atoms with Gasteiger partial charge in [0, 0.05) is 11.1 Å². The zero-order valence-corrected chi connectivity index (χ0v) is 18.3. The molecule has 0 radical (unpaired) electrons. The van der Waals surface area contributed by atoms with Crippen molar-refractivity contribution in [1.29, 1.82) is 0 Å². The van der Waals surface area contributed by atoms with Gasteiger partial charge in [-0.3, -0.25) is 8.37 Å². The van der Waals surface area contributed by atoms with Gasteiger partial charge in [-0.15, -0.1) is 0 Å². The van der Waals surface area contributed by atoms with Crippen LogP contribution in [0, 0.1) is 0 Å². The molecule has 2 aliphatic heterocycles. The zero-order chi connectivity index (χ0) is 31.8. The van der Waals surface area contributed by atoms with Crippen molar-refractivity contribution in [2.24, 2.45) is 0 Å². The minimum atomic E-state index is -7.65. The van der Waals surface area contributed by atoms with E-state index in [9.17, 15) is 92.4 Å².